The van der Waals surface area contributed by atoms with Gasteiger partial charge in [0.2, 0.25) is 0 Å². The third-order valence-corrected chi connectivity index (χ3v) is 4.80. The molecule has 1 N–H and O–H groups in total. The van der Waals surface area contributed by atoms with Crippen LogP contribution in [0.15, 0.2) is 71.7 Å². The molecule has 0 saturated heterocycles. The minimum absolute atomic E-state index is 0.225. The van der Waals surface area contributed by atoms with Gasteiger partial charge in [0.05, 0.1) is 0 Å². The highest BCUT2D eigenvalue weighted by molar-refractivity contribution is 5.94. The van der Waals surface area contributed by atoms with Crippen molar-refractivity contribution < 1.29 is 9.18 Å². The number of fused-ring (bicyclic) bond motifs is 1. The average Bonchev–Trinajstić information content (AvgIpc) is 2.78. The first-order chi connectivity index (χ1) is 14.6. The smallest absolute Gasteiger partial charge is 0.278 e. The predicted molar refractivity (Wildman–Crippen MR) is 112 cm³/mol. The summed E-state index contributed by atoms with van der Waals surface area (Å²) in [7, 11) is 0. The number of carbonyl (C=O) groups is 1. The molecule has 0 bridgehead atoms. The van der Waals surface area contributed by atoms with Crippen molar-refractivity contribution in [3.63, 3.8) is 0 Å². The van der Waals surface area contributed by atoms with Gasteiger partial charge in [0.15, 0.2) is 5.65 Å². The van der Waals surface area contributed by atoms with Crippen molar-refractivity contribution in [3.05, 3.63) is 94.2 Å². The Hall–Kier alpha value is -3.87. The maximum atomic E-state index is 13.0. The van der Waals surface area contributed by atoms with Gasteiger partial charge in [-0.3, -0.25) is 14.2 Å². The van der Waals surface area contributed by atoms with E-state index in [1.807, 2.05) is 13.0 Å². The van der Waals surface area contributed by atoms with Crippen LogP contribution >= 0.6 is 0 Å². The zero-order valence-corrected chi connectivity index (χ0v) is 16.3. The molecule has 0 fully saturated rings. The molecule has 1 amide bonds. The van der Waals surface area contributed by atoms with Crippen LogP contribution in [-0.4, -0.2) is 20.4 Å². The Morgan fingerprint density at radius 3 is 2.50 bits per heavy atom. The van der Waals surface area contributed by atoms with E-state index >= 15 is 0 Å². The molecule has 7 heteroatoms. The molecule has 0 saturated carbocycles. The molecule has 0 aliphatic heterocycles. The van der Waals surface area contributed by atoms with Gasteiger partial charge in [0, 0.05) is 30.4 Å². The molecule has 0 spiro atoms. The van der Waals surface area contributed by atoms with Gasteiger partial charge in [-0.1, -0.05) is 24.3 Å². The Morgan fingerprint density at radius 2 is 1.80 bits per heavy atom. The van der Waals surface area contributed by atoms with Crippen molar-refractivity contribution in [3.8, 4) is 11.3 Å². The van der Waals surface area contributed by atoms with Gasteiger partial charge in [0.1, 0.15) is 17.0 Å². The lowest BCUT2D eigenvalue weighted by Crippen LogP contribution is -2.24. The lowest BCUT2D eigenvalue weighted by molar-refractivity contribution is 0.0951. The molecule has 0 aliphatic carbocycles. The first-order valence-corrected chi connectivity index (χ1v) is 9.55. The van der Waals surface area contributed by atoms with Gasteiger partial charge in [-0.25, -0.2) is 14.4 Å². The number of halogens is 1. The summed E-state index contributed by atoms with van der Waals surface area (Å²) >= 11 is 0. The van der Waals surface area contributed by atoms with Crippen molar-refractivity contribution in [2.24, 2.45) is 0 Å². The van der Waals surface area contributed by atoms with Crippen LogP contribution in [0, 0.1) is 5.82 Å². The molecular formula is C23H19FN4O2. The Labute approximate surface area is 172 Å². The summed E-state index contributed by atoms with van der Waals surface area (Å²) in [6.07, 6.45) is 1.63. The molecule has 2 aromatic carbocycles. The van der Waals surface area contributed by atoms with Crippen molar-refractivity contribution in [2.75, 3.05) is 0 Å². The molecule has 0 radical (unpaired) electrons. The summed E-state index contributed by atoms with van der Waals surface area (Å²) in [5.74, 6) is -0.576. The molecule has 2 heterocycles. The highest BCUT2D eigenvalue weighted by atomic mass is 19.1. The fourth-order valence-corrected chi connectivity index (χ4v) is 3.22. The van der Waals surface area contributed by atoms with Gasteiger partial charge in [0.25, 0.3) is 11.5 Å². The van der Waals surface area contributed by atoms with Crippen LogP contribution in [-0.2, 0) is 13.1 Å². The molecular weight excluding hydrogens is 383 g/mol. The van der Waals surface area contributed by atoms with Crippen LogP contribution in [0.3, 0.4) is 0 Å². The van der Waals surface area contributed by atoms with E-state index in [9.17, 15) is 14.0 Å². The van der Waals surface area contributed by atoms with Crippen LogP contribution in [0.4, 0.5) is 4.39 Å². The van der Waals surface area contributed by atoms with E-state index in [4.69, 9.17) is 0 Å². The minimum Gasteiger partial charge on any atom is -0.348 e. The number of aromatic nitrogens is 3. The minimum atomic E-state index is -0.319. The van der Waals surface area contributed by atoms with E-state index in [0.717, 1.165) is 5.56 Å². The van der Waals surface area contributed by atoms with E-state index in [0.29, 0.717) is 41.1 Å². The number of pyridine rings is 1. The summed E-state index contributed by atoms with van der Waals surface area (Å²) in [5, 5.41) is 2.80. The van der Waals surface area contributed by atoms with Crippen molar-refractivity contribution in [1.29, 1.82) is 0 Å². The molecule has 150 valence electrons. The van der Waals surface area contributed by atoms with E-state index in [1.165, 1.54) is 12.1 Å². The van der Waals surface area contributed by atoms with E-state index in [2.05, 4.69) is 15.3 Å². The Kier molecular flexibility index (Phi) is 5.34. The molecule has 30 heavy (non-hydrogen) atoms. The lowest BCUT2D eigenvalue weighted by atomic mass is 10.1. The second-order valence-corrected chi connectivity index (χ2v) is 6.74. The van der Waals surface area contributed by atoms with Gasteiger partial charge in [-0.05, 0) is 48.9 Å². The predicted octanol–water partition coefficient (Wildman–Crippen LogP) is 3.55. The Morgan fingerprint density at radius 1 is 1.07 bits per heavy atom. The summed E-state index contributed by atoms with van der Waals surface area (Å²) in [5.41, 5.74) is 3.16. The summed E-state index contributed by atoms with van der Waals surface area (Å²) in [4.78, 5) is 34.0. The van der Waals surface area contributed by atoms with Crippen LogP contribution in [0.1, 0.15) is 22.8 Å². The zero-order chi connectivity index (χ0) is 21.1. The molecule has 4 rings (SSSR count). The Balaban J connectivity index is 1.57. The number of benzene rings is 2. The van der Waals surface area contributed by atoms with Gasteiger partial charge < -0.3 is 5.32 Å². The first-order valence-electron chi connectivity index (χ1n) is 9.55. The van der Waals surface area contributed by atoms with Crippen LogP contribution < -0.4 is 10.9 Å². The van der Waals surface area contributed by atoms with Crippen LogP contribution in [0.2, 0.25) is 0 Å². The van der Waals surface area contributed by atoms with E-state index in [-0.39, 0.29) is 17.3 Å². The maximum Gasteiger partial charge on any atom is 0.278 e. The number of aryl methyl sites for hydroxylation is 1. The SMILES string of the molecule is CCn1c(=O)c(-c2ccc(C(=O)NCc3ccc(F)cc3)cc2)nc2cccnc21. The molecule has 0 aliphatic rings. The lowest BCUT2D eigenvalue weighted by Gasteiger charge is -2.10. The molecule has 4 aromatic rings. The van der Waals surface area contributed by atoms with Crippen LogP contribution in [0.25, 0.3) is 22.4 Å². The van der Waals surface area contributed by atoms with Crippen molar-refractivity contribution in [2.45, 2.75) is 20.0 Å². The summed E-state index contributed by atoms with van der Waals surface area (Å²) in [6, 6.07) is 16.3. The maximum absolute atomic E-state index is 13.0. The molecule has 6 nitrogen and oxygen atoms in total. The summed E-state index contributed by atoms with van der Waals surface area (Å²) in [6.45, 7) is 2.65. The fraction of sp³-hybridized carbons (Fsp3) is 0.130. The molecule has 0 atom stereocenters. The molecule has 0 unspecified atom stereocenters. The number of nitrogens with one attached hydrogen (secondary N) is 1. The van der Waals surface area contributed by atoms with E-state index in [1.54, 1.807) is 53.2 Å². The topological polar surface area (TPSA) is 76.9 Å². The standard InChI is InChI=1S/C23H19FN4O2/c1-2-28-21-19(4-3-13-25-21)27-20(23(28)30)16-7-9-17(10-8-16)22(29)26-14-15-5-11-18(24)12-6-15/h3-13H,2,14H2,1H3,(H,26,29). The number of amides is 1. The monoisotopic (exact) mass is 402 g/mol. The number of hydrogen-bond acceptors (Lipinski definition) is 4. The number of rotatable bonds is 5. The number of carbonyl (C=O) groups excluding carboxylic acids is 1. The summed E-state index contributed by atoms with van der Waals surface area (Å²) < 4.78 is 14.6. The molecule has 2 aromatic heterocycles. The second kappa shape index (κ2) is 8.24. The van der Waals surface area contributed by atoms with Gasteiger partial charge >= 0.3 is 0 Å². The third-order valence-electron chi connectivity index (χ3n) is 4.80. The average molecular weight is 402 g/mol. The largest absolute Gasteiger partial charge is 0.348 e. The third kappa shape index (κ3) is 3.82. The normalized spacial score (nSPS) is 10.9. The second-order valence-electron chi connectivity index (χ2n) is 6.74. The fourth-order valence-electron chi connectivity index (χ4n) is 3.22. The van der Waals surface area contributed by atoms with E-state index < -0.39 is 0 Å². The van der Waals surface area contributed by atoms with Gasteiger partial charge in [-0.15, -0.1) is 0 Å². The highest BCUT2D eigenvalue weighted by Crippen LogP contribution is 2.17. The quantitative estimate of drug-likeness (QED) is 0.554. The van der Waals surface area contributed by atoms with Crippen molar-refractivity contribution in [1.82, 2.24) is 19.9 Å². The zero-order valence-electron chi connectivity index (χ0n) is 16.3. The highest BCUT2D eigenvalue weighted by Gasteiger charge is 2.13. The van der Waals surface area contributed by atoms with Crippen molar-refractivity contribution >= 4 is 17.1 Å². The van der Waals surface area contributed by atoms with Gasteiger partial charge in [-0.2, -0.15) is 0 Å². The number of hydrogen-bond donors (Lipinski definition) is 1. The number of nitrogens with zero attached hydrogens (tertiary/aromatic N) is 3. The van der Waals surface area contributed by atoms with Crippen LogP contribution in [0.5, 0.6) is 0 Å². The Bertz CT molecular complexity index is 1270. The first kappa shape index (κ1) is 19.4.